The molecule has 5 nitrogen and oxygen atoms in total. The Morgan fingerprint density at radius 1 is 1.38 bits per heavy atom. The minimum absolute atomic E-state index is 0.111. The third-order valence-electron chi connectivity index (χ3n) is 3.11. The summed E-state index contributed by atoms with van der Waals surface area (Å²) in [5, 5.41) is 9.69. The molecule has 3 rings (SSSR count). The number of rotatable bonds is 1. The lowest BCUT2D eigenvalue weighted by Crippen LogP contribution is -2.22. The zero-order valence-electron chi connectivity index (χ0n) is 10.8. The van der Waals surface area contributed by atoms with E-state index in [-0.39, 0.29) is 15.9 Å². The van der Waals surface area contributed by atoms with Crippen molar-refractivity contribution < 1.29 is 9.50 Å². The normalized spacial score (nSPS) is 11.0. The van der Waals surface area contributed by atoms with Gasteiger partial charge in [0.15, 0.2) is 0 Å². The van der Waals surface area contributed by atoms with Gasteiger partial charge in [0.05, 0.1) is 22.3 Å². The Bertz CT molecular complexity index is 924. The number of hydrogen-bond acceptors (Lipinski definition) is 4. The van der Waals surface area contributed by atoms with Gasteiger partial charge in [-0.05, 0) is 31.2 Å². The Kier molecular flexibility index (Phi) is 3.10. The Balaban J connectivity index is 2.54. The number of halogens is 2. The number of pyridine rings is 1. The van der Waals surface area contributed by atoms with Gasteiger partial charge in [-0.15, -0.1) is 0 Å². The second-order valence-electron chi connectivity index (χ2n) is 4.44. The first-order valence-electron chi connectivity index (χ1n) is 6.02. The van der Waals surface area contributed by atoms with Gasteiger partial charge in [-0.1, -0.05) is 11.6 Å². The van der Waals surface area contributed by atoms with Crippen LogP contribution < -0.4 is 5.69 Å². The minimum atomic E-state index is -0.752. The van der Waals surface area contributed by atoms with E-state index in [1.54, 1.807) is 25.3 Å². The fourth-order valence-corrected chi connectivity index (χ4v) is 2.40. The van der Waals surface area contributed by atoms with E-state index in [9.17, 15) is 14.3 Å². The van der Waals surface area contributed by atoms with E-state index in [4.69, 9.17) is 11.6 Å². The largest absolute Gasteiger partial charge is 0.493 e. The van der Waals surface area contributed by atoms with Gasteiger partial charge in [0.2, 0.25) is 5.88 Å². The highest BCUT2D eigenvalue weighted by Gasteiger charge is 2.17. The molecule has 0 aliphatic heterocycles. The zero-order chi connectivity index (χ0) is 15.1. The van der Waals surface area contributed by atoms with E-state index < -0.39 is 17.4 Å². The number of fused-ring (bicyclic) bond motifs is 1. The van der Waals surface area contributed by atoms with Crippen molar-refractivity contribution in [3.63, 3.8) is 0 Å². The van der Waals surface area contributed by atoms with Crippen LogP contribution in [0.25, 0.3) is 16.6 Å². The van der Waals surface area contributed by atoms with Crippen molar-refractivity contribution >= 4 is 22.5 Å². The molecular formula is C14H9ClFN3O2. The van der Waals surface area contributed by atoms with Crippen molar-refractivity contribution in [2.24, 2.45) is 0 Å². The molecule has 0 amide bonds. The summed E-state index contributed by atoms with van der Waals surface area (Å²) in [5.41, 5.74) is 0.404. The molecule has 0 radical (unpaired) electrons. The van der Waals surface area contributed by atoms with E-state index in [0.717, 1.165) is 6.07 Å². The van der Waals surface area contributed by atoms with Gasteiger partial charge >= 0.3 is 5.69 Å². The summed E-state index contributed by atoms with van der Waals surface area (Å²) in [4.78, 5) is 19.7. The highest BCUT2D eigenvalue weighted by atomic mass is 35.5. The molecule has 106 valence electrons. The maximum Gasteiger partial charge on any atom is 0.356 e. The summed E-state index contributed by atoms with van der Waals surface area (Å²) in [6.45, 7) is 1.71. The van der Waals surface area contributed by atoms with Gasteiger partial charge in [-0.2, -0.15) is 4.98 Å². The predicted molar refractivity (Wildman–Crippen MR) is 76.5 cm³/mol. The smallest absolute Gasteiger partial charge is 0.356 e. The van der Waals surface area contributed by atoms with Gasteiger partial charge in [0, 0.05) is 11.2 Å². The van der Waals surface area contributed by atoms with Crippen LogP contribution in [-0.2, 0) is 0 Å². The Labute approximate surface area is 123 Å². The molecule has 0 spiro atoms. The van der Waals surface area contributed by atoms with Crippen LogP contribution in [0.1, 0.15) is 5.69 Å². The minimum Gasteiger partial charge on any atom is -0.493 e. The fraction of sp³-hybridized carbons (Fsp3) is 0.0714. The Hall–Kier alpha value is -2.47. The highest BCUT2D eigenvalue weighted by Crippen LogP contribution is 2.29. The lowest BCUT2D eigenvalue weighted by molar-refractivity contribution is 0.453. The quantitative estimate of drug-likeness (QED) is 0.750. The van der Waals surface area contributed by atoms with Crippen LogP contribution in [0.4, 0.5) is 4.39 Å². The van der Waals surface area contributed by atoms with Crippen LogP contribution in [0.5, 0.6) is 5.88 Å². The molecule has 0 saturated heterocycles. The summed E-state index contributed by atoms with van der Waals surface area (Å²) < 4.78 is 15.2. The van der Waals surface area contributed by atoms with Gasteiger partial charge in [0.25, 0.3) is 0 Å². The van der Waals surface area contributed by atoms with Crippen molar-refractivity contribution in [2.45, 2.75) is 6.92 Å². The van der Waals surface area contributed by atoms with E-state index in [1.165, 1.54) is 10.6 Å². The first-order chi connectivity index (χ1) is 9.99. The molecule has 3 aromatic rings. The lowest BCUT2D eigenvalue weighted by Gasteiger charge is -2.12. The summed E-state index contributed by atoms with van der Waals surface area (Å²) in [7, 11) is 0. The van der Waals surface area contributed by atoms with Crippen LogP contribution in [0.3, 0.4) is 0 Å². The van der Waals surface area contributed by atoms with Crippen LogP contribution >= 0.6 is 11.6 Å². The van der Waals surface area contributed by atoms with Gasteiger partial charge in [0.1, 0.15) is 5.82 Å². The number of hydrogen-bond donors (Lipinski definition) is 1. The topological polar surface area (TPSA) is 68.0 Å². The second kappa shape index (κ2) is 4.82. The molecule has 21 heavy (non-hydrogen) atoms. The van der Waals surface area contributed by atoms with Crippen LogP contribution in [0.2, 0.25) is 5.02 Å². The van der Waals surface area contributed by atoms with E-state index >= 15 is 0 Å². The lowest BCUT2D eigenvalue weighted by atomic mass is 10.2. The summed E-state index contributed by atoms with van der Waals surface area (Å²) >= 11 is 5.85. The van der Waals surface area contributed by atoms with Crippen LogP contribution in [-0.4, -0.2) is 19.6 Å². The monoisotopic (exact) mass is 305 g/mol. The third-order valence-corrected chi connectivity index (χ3v) is 3.33. The summed E-state index contributed by atoms with van der Waals surface area (Å²) in [6.07, 6.45) is 1.58. The Morgan fingerprint density at radius 3 is 2.86 bits per heavy atom. The number of aromatic nitrogens is 3. The molecular weight excluding hydrogens is 297 g/mol. The van der Waals surface area contributed by atoms with Crippen molar-refractivity contribution in [2.75, 3.05) is 0 Å². The van der Waals surface area contributed by atoms with E-state index in [1.807, 2.05) is 0 Å². The van der Waals surface area contributed by atoms with Crippen LogP contribution in [0.15, 0.2) is 35.3 Å². The second-order valence-corrected chi connectivity index (χ2v) is 4.88. The number of aryl methyl sites for hydroxylation is 1. The predicted octanol–water partition coefficient (Wildman–Crippen LogP) is 2.59. The maximum atomic E-state index is 14.0. The molecule has 7 heteroatoms. The molecule has 0 saturated carbocycles. The third kappa shape index (κ3) is 2.13. The summed E-state index contributed by atoms with van der Waals surface area (Å²) in [6, 6.07) is 5.75. The Morgan fingerprint density at radius 2 is 2.14 bits per heavy atom. The average Bonchev–Trinajstić information content (AvgIpc) is 2.39. The van der Waals surface area contributed by atoms with Gasteiger partial charge in [-0.3, -0.25) is 9.55 Å². The molecule has 1 N–H and O–H groups in total. The maximum absolute atomic E-state index is 14.0. The molecule has 0 unspecified atom stereocenters. The summed E-state index contributed by atoms with van der Waals surface area (Å²) in [5.74, 6) is -1.42. The molecule has 2 heterocycles. The SMILES string of the molecule is Cc1ncccc1-n1c(=O)nc(O)c2c(F)cc(Cl)cc21. The van der Waals surface area contributed by atoms with Crippen molar-refractivity contribution in [1.29, 1.82) is 0 Å². The van der Waals surface area contributed by atoms with Crippen molar-refractivity contribution in [3.05, 3.63) is 57.5 Å². The van der Waals surface area contributed by atoms with Gasteiger partial charge < -0.3 is 5.11 Å². The van der Waals surface area contributed by atoms with Crippen molar-refractivity contribution in [3.8, 4) is 11.6 Å². The number of benzene rings is 1. The van der Waals surface area contributed by atoms with E-state index in [0.29, 0.717) is 11.4 Å². The molecule has 2 aromatic heterocycles. The molecule has 0 aliphatic carbocycles. The van der Waals surface area contributed by atoms with Gasteiger partial charge in [-0.25, -0.2) is 9.18 Å². The van der Waals surface area contributed by atoms with Crippen molar-refractivity contribution in [1.82, 2.24) is 14.5 Å². The fourth-order valence-electron chi connectivity index (χ4n) is 2.20. The molecule has 0 bridgehead atoms. The number of aromatic hydroxyl groups is 1. The molecule has 1 aromatic carbocycles. The molecule has 0 atom stereocenters. The first kappa shape index (κ1) is 13.5. The highest BCUT2D eigenvalue weighted by molar-refractivity contribution is 6.31. The first-order valence-corrected chi connectivity index (χ1v) is 6.39. The molecule has 0 fully saturated rings. The molecule has 0 aliphatic rings. The average molecular weight is 306 g/mol. The standard InChI is InChI=1S/C14H9ClFN3O2/c1-7-10(3-2-4-17-7)19-11-6-8(15)5-9(16)12(11)13(20)18-14(19)21/h2-6H,1H3,(H,18,20,21). The zero-order valence-corrected chi connectivity index (χ0v) is 11.6. The van der Waals surface area contributed by atoms with Crippen LogP contribution in [0, 0.1) is 12.7 Å². The number of nitrogens with zero attached hydrogens (tertiary/aromatic N) is 3. The van der Waals surface area contributed by atoms with E-state index in [2.05, 4.69) is 9.97 Å².